The number of carbonyl (C=O) groups excluding carboxylic acids is 2. The average Bonchev–Trinajstić information content (AvgIpc) is 3.18. The van der Waals surface area contributed by atoms with E-state index in [0.29, 0.717) is 31.8 Å². The summed E-state index contributed by atoms with van der Waals surface area (Å²) in [5.74, 6) is 0.794. The lowest BCUT2D eigenvalue weighted by Crippen LogP contribution is -2.33. The predicted octanol–water partition coefficient (Wildman–Crippen LogP) is 0.978. The molecule has 1 N–H and O–H groups in total. The third-order valence-electron chi connectivity index (χ3n) is 4.24. The van der Waals surface area contributed by atoms with Crippen LogP contribution in [0.5, 0.6) is 0 Å². The molecule has 1 unspecified atom stereocenters. The van der Waals surface area contributed by atoms with E-state index in [4.69, 9.17) is 4.74 Å². The van der Waals surface area contributed by atoms with E-state index in [9.17, 15) is 9.59 Å². The molecule has 24 heavy (non-hydrogen) atoms. The van der Waals surface area contributed by atoms with Crippen LogP contribution in [0.1, 0.15) is 38.9 Å². The third-order valence-corrected chi connectivity index (χ3v) is 4.24. The number of aryl methyl sites for hydroxylation is 2. The topological polar surface area (TPSA) is 76.5 Å². The molecule has 0 spiro atoms. The van der Waals surface area contributed by atoms with Gasteiger partial charge >= 0.3 is 5.97 Å². The Kier molecular flexibility index (Phi) is 6.78. The molecule has 7 heteroatoms. The van der Waals surface area contributed by atoms with Crippen molar-refractivity contribution in [2.24, 2.45) is 0 Å². The Balaban J connectivity index is 1.78. The first-order valence-corrected chi connectivity index (χ1v) is 8.64. The summed E-state index contributed by atoms with van der Waals surface area (Å²) in [7, 11) is 1.93. The molecule has 1 saturated heterocycles. The highest BCUT2D eigenvalue weighted by Crippen LogP contribution is 2.12. The first kappa shape index (κ1) is 18.4. The second kappa shape index (κ2) is 8.82. The molecule has 0 saturated carbocycles. The van der Waals surface area contributed by atoms with Gasteiger partial charge in [-0.15, -0.1) is 0 Å². The van der Waals surface area contributed by atoms with Crippen molar-refractivity contribution in [1.29, 1.82) is 0 Å². The van der Waals surface area contributed by atoms with Crippen molar-refractivity contribution in [1.82, 2.24) is 19.8 Å². The maximum absolute atomic E-state index is 12.3. The first-order chi connectivity index (χ1) is 11.5. The van der Waals surface area contributed by atoms with E-state index in [2.05, 4.69) is 10.3 Å². The van der Waals surface area contributed by atoms with Gasteiger partial charge in [0.1, 0.15) is 5.82 Å². The van der Waals surface area contributed by atoms with Gasteiger partial charge in [0.15, 0.2) is 0 Å². The standard InChI is InChI=1S/C17H28N4O3/c1-13(2)24-17(23)7-10-20-11-8-19-15(20)4-5-16(22)21-9-6-14(12-21)18-3/h8,11,13-14,18H,4-7,9-10,12H2,1-3H3. The van der Waals surface area contributed by atoms with Crippen molar-refractivity contribution >= 4 is 11.9 Å². The highest BCUT2D eigenvalue weighted by atomic mass is 16.5. The molecule has 0 aromatic carbocycles. The minimum atomic E-state index is -0.212. The van der Waals surface area contributed by atoms with Crippen LogP contribution in [0.3, 0.4) is 0 Å². The van der Waals surface area contributed by atoms with E-state index < -0.39 is 0 Å². The summed E-state index contributed by atoms with van der Waals surface area (Å²) >= 11 is 0. The zero-order chi connectivity index (χ0) is 17.5. The monoisotopic (exact) mass is 336 g/mol. The molecule has 2 rings (SSSR count). The average molecular weight is 336 g/mol. The number of nitrogens with zero attached hydrogens (tertiary/aromatic N) is 3. The second-order valence-corrected chi connectivity index (χ2v) is 6.44. The zero-order valence-electron chi connectivity index (χ0n) is 14.8. The molecule has 0 radical (unpaired) electrons. The Labute approximate surface area is 143 Å². The number of hydrogen-bond acceptors (Lipinski definition) is 5. The molecule has 0 aliphatic carbocycles. The van der Waals surface area contributed by atoms with Crippen LogP contribution in [-0.2, 0) is 27.3 Å². The summed E-state index contributed by atoms with van der Waals surface area (Å²) in [5, 5.41) is 3.21. The molecule has 134 valence electrons. The Bertz CT molecular complexity index is 556. The van der Waals surface area contributed by atoms with Gasteiger partial charge in [-0.25, -0.2) is 4.98 Å². The molecule has 0 bridgehead atoms. The number of ether oxygens (including phenoxy) is 1. The highest BCUT2D eigenvalue weighted by Gasteiger charge is 2.24. The molecular formula is C17H28N4O3. The molecular weight excluding hydrogens is 308 g/mol. The van der Waals surface area contributed by atoms with E-state index >= 15 is 0 Å². The van der Waals surface area contributed by atoms with Crippen LogP contribution in [0.2, 0.25) is 0 Å². The SMILES string of the molecule is CNC1CCN(C(=O)CCc2nccn2CCC(=O)OC(C)C)C1. The van der Waals surface area contributed by atoms with Crippen molar-refractivity contribution in [3.63, 3.8) is 0 Å². The van der Waals surface area contributed by atoms with Gasteiger partial charge in [-0.2, -0.15) is 0 Å². The largest absolute Gasteiger partial charge is 0.463 e. The molecule has 1 aliphatic rings. The fourth-order valence-corrected chi connectivity index (χ4v) is 2.90. The number of amides is 1. The van der Waals surface area contributed by atoms with Gasteiger partial charge in [0.2, 0.25) is 5.91 Å². The van der Waals surface area contributed by atoms with Gasteiger partial charge in [0, 0.05) is 50.9 Å². The van der Waals surface area contributed by atoms with Crippen molar-refractivity contribution in [2.45, 2.75) is 58.2 Å². The van der Waals surface area contributed by atoms with Gasteiger partial charge in [-0.05, 0) is 27.3 Å². The van der Waals surface area contributed by atoms with Crippen molar-refractivity contribution in [3.05, 3.63) is 18.2 Å². The normalized spacial score (nSPS) is 17.5. The van der Waals surface area contributed by atoms with Crippen LogP contribution in [-0.4, -0.2) is 58.6 Å². The summed E-state index contributed by atoms with van der Waals surface area (Å²) in [4.78, 5) is 30.1. The number of carbonyl (C=O) groups is 2. The van der Waals surface area contributed by atoms with Crippen molar-refractivity contribution in [3.8, 4) is 0 Å². The molecule has 1 fully saturated rings. The fourth-order valence-electron chi connectivity index (χ4n) is 2.90. The number of likely N-dealkylation sites (N-methyl/N-ethyl adjacent to an activating group) is 1. The van der Waals surface area contributed by atoms with E-state index in [1.54, 1.807) is 6.20 Å². The highest BCUT2D eigenvalue weighted by molar-refractivity contribution is 5.76. The fraction of sp³-hybridized carbons (Fsp3) is 0.706. The Morgan fingerprint density at radius 2 is 2.21 bits per heavy atom. The molecule has 1 aromatic rings. The quantitative estimate of drug-likeness (QED) is 0.716. The maximum Gasteiger partial charge on any atom is 0.307 e. The van der Waals surface area contributed by atoms with E-state index in [1.807, 2.05) is 36.6 Å². The van der Waals surface area contributed by atoms with Crippen LogP contribution in [0.4, 0.5) is 0 Å². The Hall–Kier alpha value is -1.89. The van der Waals surface area contributed by atoms with E-state index in [1.165, 1.54) is 0 Å². The second-order valence-electron chi connectivity index (χ2n) is 6.44. The molecule has 1 atom stereocenters. The minimum Gasteiger partial charge on any atom is -0.463 e. The first-order valence-electron chi connectivity index (χ1n) is 8.64. The number of likely N-dealkylation sites (tertiary alicyclic amines) is 1. The smallest absolute Gasteiger partial charge is 0.307 e. The number of hydrogen-bond donors (Lipinski definition) is 1. The lowest BCUT2D eigenvalue weighted by Gasteiger charge is -2.16. The molecule has 1 amide bonds. The molecule has 1 aliphatic heterocycles. The van der Waals surface area contributed by atoms with Gasteiger partial charge in [-0.1, -0.05) is 0 Å². The van der Waals surface area contributed by atoms with Gasteiger partial charge in [-0.3, -0.25) is 9.59 Å². The van der Waals surface area contributed by atoms with Gasteiger partial charge in [0.25, 0.3) is 0 Å². The van der Waals surface area contributed by atoms with Crippen LogP contribution in [0.25, 0.3) is 0 Å². The van der Waals surface area contributed by atoms with Crippen LogP contribution in [0.15, 0.2) is 12.4 Å². The molecule has 7 nitrogen and oxygen atoms in total. The summed E-state index contributed by atoms with van der Waals surface area (Å²) < 4.78 is 7.06. The maximum atomic E-state index is 12.3. The predicted molar refractivity (Wildman–Crippen MR) is 90.4 cm³/mol. The lowest BCUT2D eigenvalue weighted by molar-refractivity contribution is -0.147. The summed E-state index contributed by atoms with van der Waals surface area (Å²) in [6.45, 7) is 5.80. The van der Waals surface area contributed by atoms with E-state index in [0.717, 1.165) is 25.3 Å². The van der Waals surface area contributed by atoms with Gasteiger partial charge < -0.3 is 19.5 Å². The number of esters is 1. The Morgan fingerprint density at radius 1 is 1.42 bits per heavy atom. The third kappa shape index (κ3) is 5.33. The van der Waals surface area contributed by atoms with Crippen molar-refractivity contribution in [2.75, 3.05) is 20.1 Å². The zero-order valence-corrected chi connectivity index (χ0v) is 14.8. The number of imidazole rings is 1. The van der Waals surface area contributed by atoms with Crippen LogP contribution < -0.4 is 5.32 Å². The Morgan fingerprint density at radius 3 is 2.88 bits per heavy atom. The number of aromatic nitrogens is 2. The summed E-state index contributed by atoms with van der Waals surface area (Å²) in [5.41, 5.74) is 0. The van der Waals surface area contributed by atoms with Crippen LogP contribution in [0, 0.1) is 0 Å². The van der Waals surface area contributed by atoms with Gasteiger partial charge in [0.05, 0.1) is 12.5 Å². The summed E-state index contributed by atoms with van der Waals surface area (Å²) in [6, 6.07) is 0.405. The lowest BCUT2D eigenvalue weighted by atomic mass is 10.2. The minimum absolute atomic E-state index is 0.0979. The van der Waals surface area contributed by atoms with Crippen molar-refractivity contribution < 1.29 is 14.3 Å². The summed E-state index contributed by atoms with van der Waals surface area (Å²) in [6.07, 6.45) is 5.81. The molecule has 2 heterocycles. The number of nitrogens with one attached hydrogen (secondary N) is 1. The number of rotatable bonds is 8. The van der Waals surface area contributed by atoms with Crippen LogP contribution >= 0.6 is 0 Å². The molecule has 1 aromatic heterocycles. The van der Waals surface area contributed by atoms with E-state index in [-0.39, 0.29) is 18.0 Å².